The van der Waals surface area contributed by atoms with Crippen molar-refractivity contribution in [2.75, 3.05) is 18.4 Å². The third kappa shape index (κ3) is 5.74. The minimum atomic E-state index is -3.60. The smallest absolute Gasteiger partial charge is 0.241 e. The van der Waals surface area contributed by atoms with Crippen LogP contribution < -0.4 is 10.0 Å². The summed E-state index contributed by atoms with van der Waals surface area (Å²) in [7, 11) is -3.60. The number of likely N-dealkylation sites (tertiary alicyclic amines) is 1. The Balaban J connectivity index is 1.55. The highest BCUT2D eigenvalue weighted by Gasteiger charge is 2.29. The number of sulfonamides is 1. The van der Waals surface area contributed by atoms with Gasteiger partial charge in [0.2, 0.25) is 15.9 Å². The van der Waals surface area contributed by atoms with Gasteiger partial charge >= 0.3 is 0 Å². The molecule has 0 bridgehead atoms. The van der Waals surface area contributed by atoms with Gasteiger partial charge in [0, 0.05) is 34.9 Å². The van der Waals surface area contributed by atoms with Gasteiger partial charge in [-0.2, -0.15) is 0 Å². The standard InChI is InChI=1S/C21H25Cl2N3O3S/c1-14-3-4-17(23)13-20(14)24-21(27)15(2)26-11-9-18(10-12-26)25-30(28,29)19-7-5-16(22)6-8-19/h3-8,13,15,18,25H,9-12H2,1-2H3,(H,24,27). The minimum Gasteiger partial charge on any atom is -0.324 e. The molecular weight excluding hydrogens is 445 g/mol. The number of nitrogens with zero attached hydrogens (tertiary/aromatic N) is 1. The number of anilines is 1. The summed E-state index contributed by atoms with van der Waals surface area (Å²) < 4.78 is 27.9. The fourth-order valence-electron chi connectivity index (χ4n) is 3.44. The fourth-order valence-corrected chi connectivity index (χ4v) is 5.04. The molecule has 1 fully saturated rings. The van der Waals surface area contributed by atoms with Crippen LogP contribution in [-0.4, -0.2) is 44.4 Å². The van der Waals surface area contributed by atoms with E-state index in [1.807, 2.05) is 19.9 Å². The predicted molar refractivity (Wildman–Crippen MR) is 121 cm³/mol. The Kier molecular flexibility index (Phi) is 7.42. The zero-order valence-electron chi connectivity index (χ0n) is 16.9. The van der Waals surface area contributed by atoms with Crippen LogP contribution in [0.15, 0.2) is 47.4 Å². The molecule has 30 heavy (non-hydrogen) atoms. The van der Waals surface area contributed by atoms with Gasteiger partial charge in [-0.05, 0) is 68.7 Å². The first-order chi connectivity index (χ1) is 14.2. The van der Waals surface area contributed by atoms with Gasteiger partial charge in [0.25, 0.3) is 0 Å². The van der Waals surface area contributed by atoms with E-state index in [1.165, 1.54) is 12.1 Å². The molecule has 1 aliphatic rings. The van der Waals surface area contributed by atoms with Crippen molar-refractivity contribution in [1.82, 2.24) is 9.62 Å². The van der Waals surface area contributed by atoms with Crippen LogP contribution in [-0.2, 0) is 14.8 Å². The molecule has 0 radical (unpaired) electrons. The molecule has 2 N–H and O–H groups in total. The number of aryl methyl sites for hydroxylation is 1. The molecule has 2 aromatic carbocycles. The molecule has 0 spiro atoms. The Bertz CT molecular complexity index is 1000. The lowest BCUT2D eigenvalue weighted by molar-refractivity contribution is -0.121. The molecule has 6 nitrogen and oxygen atoms in total. The van der Waals surface area contributed by atoms with Crippen LogP contribution >= 0.6 is 23.2 Å². The van der Waals surface area contributed by atoms with Gasteiger partial charge in [-0.3, -0.25) is 9.69 Å². The molecule has 1 atom stereocenters. The average Bonchev–Trinajstić information content (AvgIpc) is 2.71. The Morgan fingerprint density at radius 2 is 1.67 bits per heavy atom. The number of benzene rings is 2. The second-order valence-corrected chi connectivity index (χ2v) is 10.1. The van der Waals surface area contributed by atoms with E-state index < -0.39 is 10.0 Å². The number of nitrogens with one attached hydrogen (secondary N) is 2. The number of rotatable bonds is 6. The third-order valence-corrected chi connectivity index (χ3v) is 7.38. The highest BCUT2D eigenvalue weighted by molar-refractivity contribution is 7.89. The number of piperidine rings is 1. The largest absolute Gasteiger partial charge is 0.324 e. The third-order valence-electron chi connectivity index (χ3n) is 5.36. The highest BCUT2D eigenvalue weighted by atomic mass is 35.5. The number of carbonyl (C=O) groups is 1. The summed E-state index contributed by atoms with van der Waals surface area (Å²) in [5, 5.41) is 3.99. The van der Waals surface area contributed by atoms with Gasteiger partial charge in [0.1, 0.15) is 0 Å². The lowest BCUT2D eigenvalue weighted by Gasteiger charge is -2.35. The van der Waals surface area contributed by atoms with Crippen molar-refractivity contribution >= 4 is 44.8 Å². The summed E-state index contributed by atoms with van der Waals surface area (Å²) in [6.45, 7) is 5.01. The summed E-state index contributed by atoms with van der Waals surface area (Å²) in [5.74, 6) is -0.111. The van der Waals surface area contributed by atoms with Crippen molar-refractivity contribution in [2.24, 2.45) is 0 Å². The molecule has 0 aromatic heterocycles. The van der Waals surface area contributed by atoms with Crippen LogP contribution in [0.4, 0.5) is 5.69 Å². The van der Waals surface area contributed by atoms with Crippen LogP contribution in [0.3, 0.4) is 0 Å². The zero-order valence-corrected chi connectivity index (χ0v) is 19.2. The Labute approximate surface area is 187 Å². The number of amides is 1. The molecule has 1 saturated heterocycles. The molecule has 3 rings (SSSR count). The first-order valence-corrected chi connectivity index (χ1v) is 12.0. The maximum atomic E-state index is 12.7. The second kappa shape index (κ2) is 9.66. The number of hydrogen-bond donors (Lipinski definition) is 2. The van der Waals surface area contributed by atoms with Gasteiger partial charge in [-0.25, -0.2) is 13.1 Å². The quantitative estimate of drug-likeness (QED) is 0.667. The summed E-state index contributed by atoms with van der Waals surface area (Å²) in [6, 6.07) is 11.0. The van der Waals surface area contributed by atoms with E-state index in [0.717, 1.165) is 5.56 Å². The maximum Gasteiger partial charge on any atom is 0.241 e. The molecule has 1 aliphatic heterocycles. The van der Waals surface area contributed by atoms with E-state index >= 15 is 0 Å². The van der Waals surface area contributed by atoms with Crippen molar-refractivity contribution in [3.8, 4) is 0 Å². The second-order valence-electron chi connectivity index (χ2n) is 7.51. The lowest BCUT2D eigenvalue weighted by atomic mass is 10.0. The van der Waals surface area contributed by atoms with Gasteiger partial charge in [0.05, 0.1) is 10.9 Å². The van der Waals surface area contributed by atoms with E-state index in [1.54, 1.807) is 24.3 Å². The van der Waals surface area contributed by atoms with Crippen LogP contribution in [0.5, 0.6) is 0 Å². The summed E-state index contributed by atoms with van der Waals surface area (Å²) in [6.07, 6.45) is 1.25. The number of hydrogen-bond acceptors (Lipinski definition) is 4. The molecular formula is C21H25Cl2N3O3S. The summed E-state index contributed by atoms with van der Waals surface area (Å²) in [4.78, 5) is 14.9. The van der Waals surface area contributed by atoms with Crippen LogP contribution in [0.25, 0.3) is 0 Å². The highest BCUT2D eigenvalue weighted by Crippen LogP contribution is 2.22. The van der Waals surface area contributed by atoms with Crippen LogP contribution in [0, 0.1) is 6.92 Å². The van der Waals surface area contributed by atoms with Crippen molar-refractivity contribution < 1.29 is 13.2 Å². The van der Waals surface area contributed by atoms with E-state index in [9.17, 15) is 13.2 Å². The predicted octanol–water partition coefficient (Wildman–Crippen LogP) is 4.07. The van der Waals surface area contributed by atoms with Crippen LogP contribution in [0.1, 0.15) is 25.3 Å². The van der Waals surface area contributed by atoms with Gasteiger partial charge in [-0.15, -0.1) is 0 Å². The Morgan fingerprint density at radius 1 is 1.07 bits per heavy atom. The topological polar surface area (TPSA) is 78.5 Å². The van der Waals surface area contributed by atoms with Gasteiger partial charge in [-0.1, -0.05) is 29.3 Å². The SMILES string of the molecule is Cc1ccc(Cl)cc1NC(=O)C(C)N1CCC(NS(=O)(=O)c2ccc(Cl)cc2)CC1. The summed E-state index contributed by atoms with van der Waals surface area (Å²) in [5.41, 5.74) is 1.64. The Morgan fingerprint density at radius 3 is 2.30 bits per heavy atom. The molecule has 162 valence electrons. The molecule has 9 heteroatoms. The first-order valence-electron chi connectivity index (χ1n) is 9.74. The van der Waals surface area contributed by atoms with Crippen molar-refractivity contribution in [3.05, 3.63) is 58.1 Å². The number of halogens is 2. The monoisotopic (exact) mass is 469 g/mol. The molecule has 1 amide bonds. The van der Waals surface area contributed by atoms with Crippen molar-refractivity contribution in [3.63, 3.8) is 0 Å². The average molecular weight is 470 g/mol. The minimum absolute atomic E-state index is 0.111. The van der Waals surface area contributed by atoms with Gasteiger partial charge in [0.15, 0.2) is 0 Å². The summed E-state index contributed by atoms with van der Waals surface area (Å²) >= 11 is 11.9. The molecule has 1 unspecified atom stereocenters. The molecule has 2 aromatic rings. The van der Waals surface area contributed by atoms with Gasteiger partial charge < -0.3 is 5.32 Å². The van der Waals surface area contributed by atoms with E-state index in [2.05, 4.69) is 14.9 Å². The van der Waals surface area contributed by atoms with E-state index in [0.29, 0.717) is 41.7 Å². The van der Waals surface area contributed by atoms with Crippen molar-refractivity contribution in [2.45, 2.75) is 43.7 Å². The lowest BCUT2D eigenvalue weighted by Crippen LogP contribution is -2.50. The number of carbonyl (C=O) groups excluding carboxylic acids is 1. The molecule has 1 heterocycles. The molecule has 0 aliphatic carbocycles. The van der Waals surface area contributed by atoms with Crippen molar-refractivity contribution in [1.29, 1.82) is 0 Å². The fraction of sp³-hybridized carbons (Fsp3) is 0.381. The maximum absolute atomic E-state index is 12.7. The van der Waals surface area contributed by atoms with Crippen LogP contribution in [0.2, 0.25) is 10.0 Å². The normalized spacial score (nSPS) is 16.9. The van der Waals surface area contributed by atoms with E-state index in [4.69, 9.17) is 23.2 Å². The van der Waals surface area contributed by atoms with E-state index in [-0.39, 0.29) is 22.9 Å². The molecule has 0 saturated carbocycles. The first kappa shape index (κ1) is 23.0. The zero-order chi connectivity index (χ0) is 21.9. The Hall–Kier alpha value is -1.64.